The molecule has 0 amide bonds. The van der Waals surface area contributed by atoms with Gasteiger partial charge in [0, 0.05) is 24.8 Å². The van der Waals surface area contributed by atoms with Gasteiger partial charge in [-0.25, -0.2) is 0 Å². The number of nitrogens with zero attached hydrogens (tertiary/aromatic N) is 1. The van der Waals surface area contributed by atoms with Crippen LogP contribution >= 0.6 is 0 Å². The third-order valence-corrected chi connectivity index (χ3v) is 4.80. The monoisotopic (exact) mass is 341 g/mol. The minimum Gasteiger partial charge on any atom is -0.468 e. The lowest BCUT2D eigenvalue weighted by molar-refractivity contribution is -0.154. The number of pyridine rings is 1. The van der Waals surface area contributed by atoms with Crippen molar-refractivity contribution >= 4 is 22.8 Å². The predicted octanol–water partition coefficient (Wildman–Crippen LogP) is 3.27. The standard InChI is InChI=1S/C20H23NO4/c1-14(22)15-3-4-16-13-21-18(12-17(16)11-15)5-6-20(19(23)24-2)7-9-25-10-8-20/h3-6,11-14,22H,7-10H2,1-2H3/t14-/m1/s1. The van der Waals surface area contributed by atoms with Crippen LogP contribution in [0.25, 0.3) is 16.8 Å². The predicted molar refractivity (Wildman–Crippen MR) is 95.9 cm³/mol. The van der Waals surface area contributed by atoms with Gasteiger partial charge in [0.2, 0.25) is 0 Å². The fraction of sp³-hybridized carbons (Fsp3) is 0.400. The Bertz CT molecular complexity index is 791. The van der Waals surface area contributed by atoms with E-state index in [1.54, 1.807) is 13.1 Å². The first-order valence-corrected chi connectivity index (χ1v) is 8.47. The Balaban J connectivity index is 1.92. The van der Waals surface area contributed by atoms with Crippen molar-refractivity contribution in [3.8, 4) is 0 Å². The van der Waals surface area contributed by atoms with Crippen LogP contribution in [0.4, 0.5) is 0 Å². The summed E-state index contributed by atoms with van der Waals surface area (Å²) in [6, 6.07) is 7.77. The Morgan fingerprint density at radius 1 is 1.32 bits per heavy atom. The van der Waals surface area contributed by atoms with E-state index in [0.717, 1.165) is 22.0 Å². The zero-order valence-corrected chi connectivity index (χ0v) is 14.6. The van der Waals surface area contributed by atoms with Crippen LogP contribution in [0.15, 0.2) is 36.5 Å². The maximum atomic E-state index is 12.3. The van der Waals surface area contributed by atoms with Crippen molar-refractivity contribution in [2.24, 2.45) is 5.41 Å². The fourth-order valence-corrected chi connectivity index (χ4v) is 3.15. The molecule has 0 saturated carbocycles. The van der Waals surface area contributed by atoms with Crippen molar-refractivity contribution in [2.45, 2.75) is 25.9 Å². The van der Waals surface area contributed by atoms with E-state index in [1.165, 1.54) is 7.11 Å². The third-order valence-electron chi connectivity index (χ3n) is 4.80. The molecule has 132 valence electrons. The maximum absolute atomic E-state index is 12.3. The van der Waals surface area contributed by atoms with Crippen LogP contribution < -0.4 is 0 Å². The van der Waals surface area contributed by atoms with Crippen LogP contribution in [-0.2, 0) is 14.3 Å². The van der Waals surface area contributed by atoms with E-state index in [4.69, 9.17) is 9.47 Å². The molecule has 1 fully saturated rings. The summed E-state index contributed by atoms with van der Waals surface area (Å²) in [5.41, 5.74) is 0.986. The molecule has 1 aliphatic rings. The van der Waals surface area contributed by atoms with Gasteiger partial charge in [-0.1, -0.05) is 18.2 Å². The highest BCUT2D eigenvalue weighted by molar-refractivity contribution is 5.85. The van der Waals surface area contributed by atoms with E-state index in [-0.39, 0.29) is 5.97 Å². The quantitative estimate of drug-likeness (QED) is 0.865. The van der Waals surface area contributed by atoms with E-state index in [1.807, 2.05) is 36.4 Å². The van der Waals surface area contributed by atoms with E-state index < -0.39 is 11.5 Å². The molecule has 1 atom stereocenters. The van der Waals surface area contributed by atoms with Crippen molar-refractivity contribution in [3.63, 3.8) is 0 Å². The highest BCUT2D eigenvalue weighted by Crippen LogP contribution is 2.34. The molecule has 0 spiro atoms. The van der Waals surface area contributed by atoms with Gasteiger partial charge in [0.05, 0.1) is 24.3 Å². The number of aliphatic hydroxyl groups excluding tert-OH is 1. The molecule has 0 unspecified atom stereocenters. The van der Waals surface area contributed by atoms with Gasteiger partial charge >= 0.3 is 5.97 Å². The zero-order valence-electron chi connectivity index (χ0n) is 14.6. The first kappa shape index (κ1) is 17.6. The summed E-state index contributed by atoms with van der Waals surface area (Å²) < 4.78 is 10.4. The highest BCUT2D eigenvalue weighted by atomic mass is 16.5. The number of esters is 1. The number of hydrogen-bond donors (Lipinski definition) is 1. The van der Waals surface area contributed by atoms with Crippen LogP contribution in [0.1, 0.15) is 37.1 Å². The molecule has 5 nitrogen and oxygen atoms in total. The number of carbonyl (C=O) groups is 1. The molecule has 0 bridgehead atoms. The van der Waals surface area contributed by atoms with E-state index in [9.17, 15) is 9.90 Å². The van der Waals surface area contributed by atoms with Crippen molar-refractivity contribution in [2.75, 3.05) is 20.3 Å². The first-order valence-electron chi connectivity index (χ1n) is 8.47. The molecule has 1 saturated heterocycles. The number of aliphatic hydroxyl groups is 1. The van der Waals surface area contributed by atoms with Crippen LogP contribution in [-0.4, -0.2) is 36.4 Å². The molecule has 3 rings (SSSR count). The number of benzene rings is 1. The maximum Gasteiger partial charge on any atom is 0.315 e. The summed E-state index contributed by atoms with van der Waals surface area (Å²) in [6.07, 6.45) is 6.27. The lowest BCUT2D eigenvalue weighted by Gasteiger charge is -2.31. The SMILES string of the molecule is COC(=O)C1(C=Cc2cc3cc([C@@H](C)O)ccc3cn2)CCOCC1. The average molecular weight is 341 g/mol. The summed E-state index contributed by atoms with van der Waals surface area (Å²) in [5.74, 6) is -0.232. The van der Waals surface area contributed by atoms with Crippen molar-refractivity contribution in [1.82, 2.24) is 4.98 Å². The van der Waals surface area contributed by atoms with Crippen LogP contribution in [0.2, 0.25) is 0 Å². The molecule has 1 N–H and O–H groups in total. The number of carbonyl (C=O) groups excluding carboxylic acids is 1. The summed E-state index contributed by atoms with van der Waals surface area (Å²) in [4.78, 5) is 16.7. The molecular formula is C20H23NO4. The van der Waals surface area contributed by atoms with E-state index in [0.29, 0.717) is 26.1 Å². The van der Waals surface area contributed by atoms with E-state index in [2.05, 4.69) is 4.98 Å². The Hall–Kier alpha value is -2.24. The number of aromatic nitrogens is 1. The number of hydrogen-bond acceptors (Lipinski definition) is 5. The van der Waals surface area contributed by atoms with Gasteiger partial charge in [0.25, 0.3) is 0 Å². The number of ether oxygens (including phenoxy) is 2. The highest BCUT2D eigenvalue weighted by Gasteiger charge is 2.38. The Labute approximate surface area is 147 Å². The topological polar surface area (TPSA) is 68.7 Å². The van der Waals surface area contributed by atoms with Crippen LogP contribution in [0, 0.1) is 5.41 Å². The van der Waals surface area contributed by atoms with Gasteiger partial charge in [-0.3, -0.25) is 9.78 Å². The molecule has 0 aliphatic carbocycles. The average Bonchev–Trinajstić information content (AvgIpc) is 2.65. The molecule has 2 heterocycles. The van der Waals surface area contributed by atoms with Crippen molar-refractivity contribution < 1.29 is 19.4 Å². The molecular weight excluding hydrogens is 318 g/mol. The van der Waals surface area contributed by atoms with Gasteiger partial charge in [-0.05, 0) is 48.9 Å². The molecule has 25 heavy (non-hydrogen) atoms. The second kappa shape index (κ2) is 7.33. The number of rotatable bonds is 4. The second-order valence-corrected chi connectivity index (χ2v) is 6.49. The summed E-state index contributed by atoms with van der Waals surface area (Å²) in [6.45, 7) is 2.83. The Morgan fingerprint density at radius 3 is 2.76 bits per heavy atom. The molecule has 1 aromatic carbocycles. The smallest absolute Gasteiger partial charge is 0.315 e. The lowest BCUT2D eigenvalue weighted by Crippen LogP contribution is -2.36. The first-order chi connectivity index (χ1) is 12.0. The molecule has 2 aromatic rings. The molecule has 1 aliphatic heterocycles. The molecule has 5 heteroatoms. The van der Waals surface area contributed by atoms with Crippen LogP contribution in [0.3, 0.4) is 0 Å². The zero-order chi connectivity index (χ0) is 17.9. The van der Waals surface area contributed by atoms with Crippen molar-refractivity contribution in [1.29, 1.82) is 0 Å². The van der Waals surface area contributed by atoms with E-state index >= 15 is 0 Å². The van der Waals surface area contributed by atoms with Gasteiger partial charge in [0.1, 0.15) is 0 Å². The van der Waals surface area contributed by atoms with Gasteiger partial charge in [-0.2, -0.15) is 0 Å². The minimum absolute atomic E-state index is 0.232. The van der Waals surface area contributed by atoms with Crippen molar-refractivity contribution in [3.05, 3.63) is 47.8 Å². The summed E-state index contributed by atoms with van der Waals surface area (Å²) >= 11 is 0. The van der Waals surface area contributed by atoms with Gasteiger partial charge in [0.15, 0.2) is 0 Å². The number of methoxy groups -OCH3 is 1. The fourth-order valence-electron chi connectivity index (χ4n) is 3.15. The second-order valence-electron chi connectivity index (χ2n) is 6.49. The normalized spacial score (nSPS) is 18.4. The Kier molecular flexibility index (Phi) is 5.16. The summed E-state index contributed by atoms with van der Waals surface area (Å²) in [5, 5.41) is 11.8. The van der Waals surface area contributed by atoms with Crippen LogP contribution in [0.5, 0.6) is 0 Å². The largest absolute Gasteiger partial charge is 0.468 e. The van der Waals surface area contributed by atoms with Gasteiger partial charge in [-0.15, -0.1) is 0 Å². The number of fused-ring (bicyclic) bond motifs is 1. The minimum atomic E-state index is -0.648. The summed E-state index contributed by atoms with van der Waals surface area (Å²) in [7, 11) is 1.42. The molecule has 1 aromatic heterocycles. The van der Waals surface area contributed by atoms with Gasteiger partial charge < -0.3 is 14.6 Å². The third kappa shape index (κ3) is 3.72. The molecule has 0 radical (unpaired) electrons. The Morgan fingerprint density at radius 2 is 2.08 bits per heavy atom. The lowest BCUT2D eigenvalue weighted by atomic mass is 9.79.